The van der Waals surface area contributed by atoms with Crippen molar-refractivity contribution in [2.24, 2.45) is 11.7 Å². The SMILES string of the molecule is CCCc1nnc(NC(=O)C(N)C2CCOCC2)s1. The lowest BCUT2D eigenvalue weighted by atomic mass is 9.92. The standard InChI is InChI=1S/C12H20N4O2S/c1-2-3-9-15-16-12(19-9)14-11(17)10(13)8-4-6-18-7-5-8/h8,10H,2-7,13H2,1H3,(H,14,16,17). The second-order valence-corrected chi connectivity index (χ2v) is 5.78. The predicted molar refractivity (Wildman–Crippen MR) is 74.1 cm³/mol. The van der Waals surface area contributed by atoms with E-state index in [0.717, 1.165) is 30.7 Å². The Morgan fingerprint density at radius 3 is 2.95 bits per heavy atom. The van der Waals surface area contributed by atoms with Gasteiger partial charge in [-0.25, -0.2) is 0 Å². The molecule has 1 aliphatic heterocycles. The number of rotatable bonds is 5. The molecule has 0 bridgehead atoms. The molecule has 2 heterocycles. The Balaban J connectivity index is 1.88. The Labute approximate surface area is 116 Å². The van der Waals surface area contributed by atoms with E-state index in [1.165, 1.54) is 11.3 Å². The average Bonchev–Trinajstić information content (AvgIpc) is 2.86. The van der Waals surface area contributed by atoms with Crippen molar-refractivity contribution >= 4 is 22.4 Å². The van der Waals surface area contributed by atoms with Crippen molar-refractivity contribution in [1.29, 1.82) is 0 Å². The first kappa shape index (κ1) is 14.4. The fourth-order valence-electron chi connectivity index (χ4n) is 2.10. The number of nitrogens with one attached hydrogen (secondary N) is 1. The summed E-state index contributed by atoms with van der Waals surface area (Å²) in [5.74, 6) is 0.0166. The van der Waals surface area contributed by atoms with Gasteiger partial charge in [-0.1, -0.05) is 18.3 Å². The summed E-state index contributed by atoms with van der Waals surface area (Å²) in [7, 11) is 0. The van der Waals surface area contributed by atoms with E-state index in [2.05, 4.69) is 22.4 Å². The Hall–Kier alpha value is -1.05. The van der Waals surface area contributed by atoms with Crippen LogP contribution >= 0.6 is 11.3 Å². The molecule has 106 valence electrons. The summed E-state index contributed by atoms with van der Waals surface area (Å²) in [5.41, 5.74) is 5.99. The van der Waals surface area contributed by atoms with E-state index in [9.17, 15) is 4.79 Å². The monoisotopic (exact) mass is 284 g/mol. The van der Waals surface area contributed by atoms with Crippen LogP contribution in [0.1, 0.15) is 31.2 Å². The van der Waals surface area contributed by atoms with Crippen LogP contribution in [-0.2, 0) is 16.0 Å². The van der Waals surface area contributed by atoms with Crippen LogP contribution in [0.15, 0.2) is 0 Å². The first-order chi connectivity index (χ1) is 9.20. The van der Waals surface area contributed by atoms with Gasteiger partial charge >= 0.3 is 0 Å². The van der Waals surface area contributed by atoms with Gasteiger partial charge < -0.3 is 10.5 Å². The number of aryl methyl sites for hydroxylation is 1. The van der Waals surface area contributed by atoms with Crippen LogP contribution in [0, 0.1) is 5.92 Å². The Morgan fingerprint density at radius 1 is 1.53 bits per heavy atom. The summed E-state index contributed by atoms with van der Waals surface area (Å²) in [5, 5.41) is 12.2. The minimum Gasteiger partial charge on any atom is -0.381 e. The number of amides is 1. The van der Waals surface area contributed by atoms with Crippen LogP contribution in [0.5, 0.6) is 0 Å². The van der Waals surface area contributed by atoms with Crippen LogP contribution in [0.2, 0.25) is 0 Å². The minimum absolute atomic E-state index is 0.175. The number of hydrogen-bond acceptors (Lipinski definition) is 6. The molecule has 0 aromatic carbocycles. The molecule has 1 fully saturated rings. The molecule has 1 aliphatic rings. The number of nitrogens with zero attached hydrogens (tertiary/aromatic N) is 2. The highest BCUT2D eigenvalue weighted by Gasteiger charge is 2.27. The zero-order chi connectivity index (χ0) is 13.7. The fraction of sp³-hybridized carbons (Fsp3) is 0.750. The maximum absolute atomic E-state index is 12.0. The molecule has 0 spiro atoms. The van der Waals surface area contributed by atoms with Crippen molar-refractivity contribution in [3.8, 4) is 0 Å². The normalized spacial score (nSPS) is 18.2. The number of carbonyl (C=O) groups is 1. The summed E-state index contributed by atoms with van der Waals surface area (Å²) in [6.45, 7) is 3.46. The number of nitrogens with two attached hydrogens (primary N) is 1. The van der Waals surface area contributed by atoms with Crippen molar-refractivity contribution in [3.05, 3.63) is 5.01 Å². The van der Waals surface area contributed by atoms with E-state index in [-0.39, 0.29) is 11.8 Å². The van der Waals surface area contributed by atoms with Crippen molar-refractivity contribution in [3.63, 3.8) is 0 Å². The average molecular weight is 284 g/mol. The summed E-state index contributed by atoms with van der Waals surface area (Å²) in [4.78, 5) is 12.0. The van der Waals surface area contributed by atoms with Crippen molar-refractivity contribution in [2.75, 3.05) is 18.5 Å². The van der Waals surface area contributed by atoms with Gasteiger partial charge in [-0.2, -0.15) is 0 Å². The maximum atomic E-state index is 12.0. The van der Waals surface area contributed by atoms with Gasteiger partial charge in [-0.15, -0.1) is 10.2 Å². The number of hydrogen-bond donors (Lipinski definition) is 2. The van der Waals surface area contributed by atoms with E-state index in [4.69, 9.17) is 10.5 Å². The predicted octanol–water partition coefficient (Wildman–Crippen LogP) is 1.18. The van der Waals surface area contributed by atoms with Gasteiger partial charge in [0.1, 0.15) is 5.01 Å². The smallest absolute Gasteiger partial charge is 0.243 e. The zero-order valence-corrected chi connectivity index (χ0v) is 11.9. The molecule has 0 aliphatic carbocycles. The van der Waals surface area contributed by atoms with Crippen LogP contribution in [0.4, 0.5) is 5.13 Å². The quantitative estimate of drug-likeness (QED) is 0.847. The highest BCUT2D eigenvalue weighted by Crippen LogP contribution is 2.20. The summed E-state index contributed by atoms with van der Waals surface area (Å²) in [6, 6.07) is -0.498. The van der Waals surface area contributed by atoms with Crippen molar-refractivity contribution in [1.82, 2.24) is 10.2 Å². The highest BCUT2D eigenvalue weighted by atomic mass is 32.1. The molecule has 2 rings (SSSR count). The van der Waals surface area contributed by atoms with Gasteiger partial charge in [-0.3, -0.25) is 10.1 Å². The highest BCUT2D eigenvalue weighted by molar-refractivity contribution is 7.15. The van der Waals surface area contributed by atoms with E-state index >= 15 is 0 Å². The first-order valence-electron chi connectivity index (χ1n) is 6.67. The van der Waals surface area contributed by atoms with Crippen LogP contribution in [0.25, 0.3) is 0 Å². The second kappa shape index (κ2) is 6.93. The van der Waals surface area contributed by atoms with E-state index < -0.39 is 6.04 Å². The van der Waals surface area contributed by atoms with Crippen molar-refractivity contribution < 1.29 is 9.53 Å². The van der Waals surface area contributed by atoms with Gasteiger partial charge in [0.05, 0.1) is 6.04 Å². The van der Waals surface area contributed by atoms with Crippen LogP contribution in [0.3, 0.4) is 0 Å². The molecule has 0 saturated carbocycles. The van der Waals surface area contributed by atoms with Crippen molar-refractivity contribution in [2.45, 2.75) is 38.6 Å². The van der Waals surface area contributed by atoms with Gasteiger partial charge in [0.2, 0.25) is 11.0 Å². The maximum Gasteiger partial charge on any atom is 0.243 e. The minimum atomic E-state index is -0.498. The Kier molecular flexibility index (Phi) is 5.24. The molecule has 6 nitrogen and oxygen atoms in total. The molecular formula is C12H20N4O2S. The second-order valence-electron chi connectivity index (χ2n) is 4.72. The molecule has 3 N–H and O–H groups in total. The Bertz CT molecular complexity index is 418. The number of aromatic nitrogens is 2. The largest absolute Gasteiger partial charge is 0.381 e. The third kappa shape index (κ3) is 3.95. The zero-order valence-electron chi connectivity index (χ0n) is 11.1. The number of anilines is 1. The molecule has 1 atom stereocenters. The lowest BCUT2D eigenvalue weighted by molar-refractivity contribution is -0.119. The van der Waals surface area contributed by atoms with Gasteiger partial charge in [0.15, 0.2) is 0 Å². The summed E-state index contributed by atoms with van der Waals surface area (Å²) >= 11 is 1.42. The molecule has 1 unspecified atom stereocenters. The summed E-state index contributed by atoms with van der Waals surface area (Å²) < 4.78 is 5.27. The lowest BCUT2D eigenvalue weighted by Crippen LogP contribution is -2.43. The molecule has 1 aromatic heterocycles. The van der Waals surface area contributed by atoms with E-state index in [0.29, 0.717) is 18.3 Å². The summed E-state index contributed by atoms with van der Waals surface area (Å²) in [6.07, 6.45) is 3.58. The molecule has 1 aromatic rings. The fourth-order valence-corrected chi connectivity index (χ4v) is 2.94. The molecule has 0 radical (unpaired) electrons. The molecule has 19 heavy (non-hydrogen) atoms. The number of ether oxygens (including phenoxy) is 1. The van der Waals surface area contributed by atoms with Gasteiger partial charge in [0.25, 0.3) is 0 Å². The first-order valence-corrected chi connectivity index (χ1v) is 7.49. The topological polar surface area (TPSA) is 90.1 Å². The molecule has 1 saturated heterocycles. The Morgan fingerprint density at radius 2 is 2.26 bits per heavy atom. The third-order valence-electron chi connectivity index (χ3n) is 3.24. The molecule has 1 amide bonds. The lowest BCUT2D eigenvalue weighted by Gasteiger charge is -2.26. The van der Waals surface area contributed by atoms with Crippen LogP contribution in [-0.4, -0.2) is 35.4 Å². The van der Waals surface area contributed by atoms with Gasteiger partial charge in [0, 0.05) is 19.6 Å². The number of carbonyl (C=O) groups excluding carboxylic acids is 1. The van der Waals surface area contributed by atoms with E-state index in [1.54, 1.807) is 0 Å². The molecule has 7 heteroatoms. The third-order valence-corrected chi connectivity index (χ3v) is 4.14. The van der Waals surface area contributed by atoms with Gasteiger partial charge in [-0.05, 0) is 25.2 Å². The van der Waals surface area contributed by atoms with E-state index in [1.807, 2.05) is 0 Å². The molecular weight excluding hydrogens is 264 g/mol. The van der Waals surface area contributed by atoms with Crippen LogP contribution < -0.4 is 11.1 Å².